The van der Waals surface area contributed by atoms with Crippen LogP contribution in [0, 0.1) is 0 Å². The number of rotatable bonds is 12. The van der Waals surface area contributed by atoms with Gasteiger partial charge in [-0.15, -0.1) is 0 Å². The Bertz CT molecular complexity index is 1300. The summed E-state index contributed by atoms with van der Waals surface area (Å²) in [4.78, 5) is 26.5. The smallest absolute Gasteiger partial charge is 0.337 e. The molecule has 1 heterocycles. The standard InChI is InChI=1S/C31H37N3O4/c1-4-6-15-34(16-7-5-2)24-10-8-9-21(17-24)11-12-22-13-14-26-27(18-22)38-28-20-23(30(35)32-3)19-25(31(36)37)29(28)33-26/h8-10,13-14,17-20,33H,4-7,11-12,15-16H2,1-3H3,(H,32,35)(H,36,37). The monoisotopic (exact) mass is 515 g/mol. The summed E-state index contributed by atoms with van der Waals surface area (Å²) in [6.07, 6.45) is 6.50. The van der Waals surface area contributed by atoms with Gasteiger partial charge in [0, 0.05) is 31.4 Å². The van der Waals surface area contributed by atoms with Crippen LogP contribution in [0.3, 0.4) is 0 Å². The Labute approximate surface area is 224 Å². The van der Waals surface area contributed by atoms with Crippen LogP contribution in [0.2, 0.25) is 0 Å². The zero-order valence-corrected chi connectivity index (χ0v) is 22.5. The summed E-state index contributed by atoms with van der Waals surface area (Å²) in [7, 11) is 1.51. The van der Waals surface area contributed by atoms with E-state index in [0.717, 1.165) is 31.5 Å². The lowest BCUT2D eigenvalue weighted by Crippen LogP contribution is -2.25. The number of ether oxygens (including phenoxy) is 1. The SMILES string of the molecule is CCCCN(CCCC)c1cccc(CCc2ccc3c(c2)Oc2cc(C(=O)NC)cc(C(=O)O)c2N3)c1. The predicted molar refractivity (Wildman–Crippen MR) is 152 cm³/mol. The minimum atomic E-state index is -1.13. The van der Waals surface area contributed by atoms with E-state index in [1.54, 1.807) is 6.07 Å². The number of amides is 1. The fourth-order valence-electron chi connectivity index (χ4n) is 4.70. The van der Waals surface area contributed by atoms with Gasteiger partial charge in [0.2, 0.25) is 0 Å². The number of carboxylic acids is 1. The summed E-state index contributed by atoms with van der Waals surface area (Å²) in [5.41, 5.74) is 4.97. The molecule has 3 aromatic carbocycles. The van der Waals surface area contributed by atoms with E-state index >= 15 is 0 Å². The number of carbonyl (C=O) groups excluding carboxylic acids is 1. The number of fused-ring (bicyclic) bond motifs is 2. The molecule has 0 aliphatic carbocycles. The molecular formula is C31H37N3O4. The van der Waals surface area contributed by atoms with Gasteiger partial charge in [0.1, 0.15) is 0 Å². The second kappa shape index (κ2) is 12.5. The van der Waals surface area contributed by atoms with Crippen molar-refractivity contribution in [2.45, 2.75) is 52.4 Å². The minimum absolute atomic E-state index is 0.0115. The van der Waals surface area contributed by atoms with E-state index < -0.39 is 5.97 Å². The number of nitrogens with zero attached hydrogens (tertiary/aromatic N) is 1. The molecule has 1 amide bonds. The average molecular weight is 516 g/mol. The lowest BCUT2D eigenvalue weighted by Gasteiger charge is -2.25. The van der Waals surface area contributed by atoms with E-state index in [1.807, 2.05) is 18.2 Å². The molecular weight excluding hydrogens is 478 g/mol. The highest BCUT2D eigenvalue weighted by Gasteiger charge is 2.25. The number of hydrogen-bond acceptors (Lipinski definition) is 5. The van der Waals surface area contributed by atoms with Crippen LogP contribution >= 0.6 is 0 Å². The van der Waals surface area contributed by atoms with E-state index in [4.69, 9.17) is 4.74 Å². The van der Waals surface area contributed by atoms with Gasteiger partial charge in [-0.1, -0.05) is 44.9 Å². The second-order valence-corrected chi connectivity index (χ2v) is 9.70. The molecule has 3 N–H and O–H groups in total. The maximum atomic E-state index is 12.2. The fraction of sp³-hybridized carbons (Fsp3) is 0.355. The molecule has 0 fully saturated rings. The topological polar surface area (TPSA) is 90.9 Å². The summed E-state index contributed by atoms with van der Waals surface area (Å²) >= 11 is 0. The molecule has 3 aromatic rings. The Hall–Kier alpha value is -4.00. The van der Waals surface area contributed by atoms with Crippen LogP contribution in [0.4, 0.5) is 17.1 Å². The first kappa shape index (κ1) is 27.0. The second-order valence-electron chi connectivity index (χ2n) is 9.70. The Balaban J connectivity index is 1.50. The van der Waals surface area contributed by atoms with Crippen LogP contribution in [0.5, 0.6) is 11.5 Å². The summed E-state index contributed by atoms with van der Waals surface area (Å²) in [6.45, 7) is 6.64. The Morgan fingerprint density at radius 1 is 0.921 bits per heavy atom. The number of aryl methyl sites for hydroxylation is 2. The summed E-state index contributed by atoms with van der Waals surface area (Å²) in [5.74, 6) is -0.573. The summed E-state index contributed by atoms with van der Waals surface area (Å²) in [6, 6.07) is 17.7. The predicted octanol–water partition coefficient (Wildman–Crippen LogP) is 6.79. The molecule has 4 rings (SSSR count). The van der Waals surface area contributed by atoms with Crippen molar-refractivity contribution >= 4 is 28.9 Å². The third-order valence-electron chi connectivity index (χ3n) is 6.89. The van der Waals surface area contributed by atoms with Gasteiger partial charge in [0.15, 0.2) is 11.5 Å². The van der Waals surface area contributed by atoms with E-state index in [2.05, 4.69) is 53.6 Å². The molecule has 200 valence electrons. The molecule has 7 heteroatoms. The molecule has 7 nitrogen and oxygen atoms in total. The van der Waals surface area contributed by atoms with E-state index in [1.165, 1.54) is 50.0 Å². The lowest BCUT2D eigenvalue weighted by molar-refractivity contribution is 0.0697. The molecule has 1 aliphatic rings. The molecule has 0 saturated carbocycles. The number of anilines is 3. The van der Waals surface area contributed by atoms with Crippen molar-refractivity contribution in [3.63, 3.8) is 0 Å². The fourth-order valence-corrected chi connectivity index (χ4v) is 4.70. The summed E-state index contributed by atoms with van der Waals surface area (Å²) < 4.78 is 6.11. The quantitative estimate of drug-likeness (QED) is 0.193. The van der Waals surface area contributed by atoms with Crippen LogP contribution < -0.4 is 20.3 Å². The van der Waals surface area contributed by atoms with Crippen LogP contribution in [0.25, 0.3) is 0 Å². The van der Waals surface area contributed by atoms with Gasteiger partial charge in [0.05, 0.1) is 16.9 Å². The third-order valence-corrected chi connectivity index (χ3v) is 6.89. The van der Waals surface area contributed by atoms with Gasteiger partial charge in [-0.3, -0.25) is 4.79 Å². The highest BCUT2D eigenvalue weighted by molar-refractivity contribution is 6.03. The maximum absolute atomic E-state index is 12.2. The highest BCUT2D eigenvalue weighted by atomic mass is 16.5. The number of carbonyl (C=O) groups is 2. The van der Waals surface area contributed by atoms with Gasteiger partial charge >= 0.3 is 5.97 Å². The normalized spacial score (nSPS) is 11.6. The first-order valence-corrected chi connectivity index (χ1v) is 13.5. The number of carboxylic acid groups (broad SMARTS) is 1. The van der Waals surface area contributed by atoms with Crippen LogP contribution in [0.1, 0.15) is 71.4 Å². The van der Waals surface area contributed by atoms with Crippen molar-refractivity contribution in [3.8, 4) is 11.5 Å². The number of hydrogen-bond donors (Lipinski definition) is 3. The van der Waals surface area contributed by atoms with Gasteiger partial charge in [-0.2, -0.15) is 0 Å². The Morgan fingerprint density at radius 2 is 1.63 bits per heavy atom. The Morgan fingerprint density at radius 3 is 2.29 bits per heavy atom. The molecule has 38 heavy (non-hydrogen) atoms. The number of nitrogens with one attached hydrogen (secondary N) is 2. The van der Waals surface area contributed by atoms with Gasteiger partial charge in [0.25, 0.3) is 5.91 Å². The van der Waals surface area contributed by atoms with E-state index in [9.17, 15) is 14.7 Å². The zero-order chi connectivity index (χ0) is 27.1. The molecule has 0 aromatic heterocycles. The molecule has 0 atom stereocenters. The van der Waals surface area contributed by atoms with Crippen molar-refractivity contribution in [1.82, 2.24) is 5.32 Å². The average Bonchev–Trinajstić information content (AvgIpc) is 2.94. The van der Waals surface area contributed by atoms with Crippen LogP contribution in [-0.4, -0.2) is 37.1 Å². The number of benzene rings is 3. The maximum Gasteiger partial charge on any atom is 0.337 e. The molecule has 0 saturated heterocycles. The van der Waals surface area contributed by atoms with Crippen LogP contribution in [-0.2, 0) is 12.8 Å². The van der Waals surface area contributed by atoms with Crippen molar-refractivity contribution in [3.05, 3.63) is 76.9 Å². The van der Waals surface area contributed by atoms with Crippen LogP contribution in [0.15, 0.2) is 54.6 Å². The lowest BCUT2D eigenvalue weighted by atomic mass is 10.0. The van der Waals surface area contributed by atoms with Gasteiger partial charge < -0.3 is 25.4 Å². The molecule has 0 unspecified atom stereocenters. The number of unbranched alkanes of at least 4 members (excludes halogenated alkanes) is 2. The minimum Gasteiger partial charge on any atom is -0.478 e. The molecule has 0 radical (unpaired) electrons. The molecule has 0 spiro atoms. The third kappa shape index (κ3) is 6.28. The van der Waals surface area contributed by atoms with Crippen molar-refractivity contribution in [2.24, 2.45) is 0 Å². The van der Waals surface area contributed by atoms with Crippen molar-refractivity contribution < 1.29 is 19.4 Å². The van der Waals surface area contributed by atoms with Crippen molar-refractivity contribution in [2.75, 3.05) is 30.4 Å². The number of aromatic carboxylic acids is 1. The molecule has 1 aliphatic heterocycles. The van der Waals surface area contributed by atoms with E-state index in [0.29, 0.717) is 22.9 Å². The molecule has 0 bridgehead atoms. The first-order chi connectivity index (χ1) is 18.4. The summed E-state index contributed by atoms with van der Waals surface area (Å²) in [5, 5.41) is 15.4. The van der Waals surface area contributed by atoms with Crippen molar-refractivity contribution in [1.29, 1.82) is 0 Å². The first-order valence-electron chi connectivity index (χ1n) is 13.5. The Kier molecular flexibility index (Phi) is 8.89. The van der Waals surface area contributed by atoms with Gasteiger partial charge in [-0.25, -0.2) is 4.79 Å². The van der Waals surface area contributed by atoms with Gasteiger partial charge in [-0.05, 0) is 73.2 Å². The van der Waals surface area contributed by atoms with E-state index in [-0.39, 0.29) is 17.0 Å². The largest absolute Gasteiger partial charge is 0.478 e. The zero-order valence-electron chi connectivity index (χ0n) is 22.5. The highest BCUT2D eigenvalue weighted by Crippen LogP contribution is 2.44.